The van der Waals surface area contributed by atoms with E-state index in [1.54, 1.807) is 0 Å². The van der Waals surface area contributed by atoms with Crippen molar-refractivity contribution >= 4 is 12.2 Å². The monoisotopic (exact) mass is 331 g/mol. The van der Waals surface area contributed by atoms with Gasteiger partial charge < -0.3 is 10.1 Å². The fraction of sp³-hybridized carbons (Fsp3) is 0.600. The predicted octanol–water partition coefficient (Wildman–Crippen LogP) is 1.43. The number of nitrogens with zero attached hydrogens (tertiary/aromatic N) is 2. The minimum Gasteiger partial charge on any atom is -0.436 e. The molecule has 1 aromatic rings. The quantitative estimate of drug-likeness (QED) is 0.732. The fourth-order valence-corrected chi connectivity index (χ4v) is 0.514. The number of nitrogens with one attached hydrogen (secondary N) is 1. The Labute approximate surface area is 79.3 Å². The van der Waals surface area contributed by atoms with Crippen molar-refractivity contribution in [3.8, 4) is 0 Å². The number of aromatic nitrogens is 3. The van der Waals surface area contributed by atoms with Gasteiger partial charge in [0, 0.05) is 31.0 Å². The summed E-state index contributed by atoms with van der Waals surface area (Å²) in [5.41, 5.74) is 0. The maximum atomic E-state index is 4.60. The molecule has 0 atom stereocenters. The van der Waals surface area contributed by atoms with Crippen LogP contribution >= 0.6 is 12.2 Å². The van der Waals surface area contributed by atoms with E-state index in [0.717, 1.165) is 5.82 Å². The summed E-state index contributed by atoms with van der Waals surface area (Å²) in [5, 5.41) is 7.13. The van der Waals surface area contributed by atoms with Gasteiger partial charge in [-0.3, -0.25) is 5.10 Å². The second-order valence-electron chi connectivity index (χ2n) is 1.22. The molecule has 59 valence electrons. The molecule has 0 bridgehead atoms. The van der Waals surface area contributed by atoms with Crippen molar-refractivity contribution in [2.75, 3.05) is 0 Å². The van der Waals surface area contributed by atoms with Crippen molar-refractivity contribution in [3.05, 3.63) is 10.6 Å². The van der Waals surface area contributed by atoms with E-state index in [-0.39, 0.29) is 20.4 Å². The molecule has 0 amide bonds. The van der Waals surface area contributed by atoms with E-state index in [0.29, 0.717) is 4.77 Å². The van der Waals surface area contributed by atoms with Gasteiger partial charge in [0.15, 0.2) is 0 Å². The van der Waals surface area contributed by atoms with Crippen LogP contribution in [0.1, 0.15) is 19.7 Å². The standard InChI is InChI=1S/C3H5N3S.C2H6.Re/c1-2-4-3(7)6-5-2;1-2;/h1H3,(H2,4,5,6,7);1-2H3;/p-1. The SMILES string of the molecule is CC.Cc1n[n-]c(=S)[nH]1.[Re]. The van der Waals surface area contributed by atoms with E-state index in [9.17, 15) is 0 Å². The Balaban J connectivity index is 0. The number of hydrogen-bond donors (Lipinski definition) is 1. The number of aromatic amines is 1. The largest absolute Gasteiger partial charge is 0.436 e. The molecule has 0 fully saturated rings. The summed E-state index contributed by atoms with van der Waals surface area (Å²) in [4.78, 5) is 2.73. The normalized spacial score (nSPS) is 7.10. The average molecular weight is 330 g/mol. The Morgan fingerprint density at radius 1 is 1.50 bits per heavy atom. The summed E-state index contributed by atoms with van der Waals surface area (Å²) in [6.45, 7) is 5.81. The molecule has 10 heavy (non-hydrogen) atoms. The molecule has 0 unspecified atom stereocenters. The van der Waals surface area contributed by atoms with Crippen LogP contribution in [0, 0.1) is 11.7 Å². The van der Waals surface area contributed by atoms with E-state index in [1.807, 2.05) is 20.8 Å². The van der Waals surface area contributed by atoms with Gasteiger partial charge in [0.1, 0.15) is 0 Å². The summed E-state index contributed by atoms with van der Waals surface area (Å²) in [7, 11) is 0. The molecule has 0 aliphatic heterocycles. The molecule has 1 heterocycles. The van der Waals surface area contributed by atoms with Crippen LogP contribution < -0.4 is 5.10 Å². The van der Waals surface area contributed by atoms with Crippen molar-refractivity contribution < 1.29 is 20.4 Å². The van der Waals surface area contributed by atoms with Gasteiger partial charge in [-0.2, -0.15) is 0 Å². The molecule has 1 N–H and O–H groups in total. The minimum absolute atomic E-state index is 0. The van der Waals surface area contributed by atoms with Gasteiger partial charge >= 0.3 is 0 Å². The first-order valence-electron chi connectivity index (χ1n) is 2.85. The summed E-state index contributed by atoms with van der Waals surface area (Å²) in [5.74, 6) is 0.769. The maximum absolute atomic E-state index is 4.60. The molecule has 0 aliphatic carbocycles. The second-order valence-corrected chi connectivity index (χ2v) is 1.60. The Morgan fingerprint density at radius 2 is 2.00 bits per heavy atom. The van der Waals surface area contributed by atoms with Gasteiger partial charge in [0.2, 0.25) is 0 Å². The predicted molar refractivity (Wildman–Crippen MR) is 38.8 cm³/mol. The Hall–Kier alpha value is 0.0223. The first-order chi connectivity index (χ1) is 4.29. The third-order valence-electron chi connectivity index (χ3n) is 0.579. The van der Waals surface area contributed by atoms with Gasteiger partial charge in [0.25, 0.3) is 0 Å². The number of hydrogen-bond acceptors (Lipinski definition) is 2. The van der Waals surface area contributed by atoms with Crippen LogP contribution in [0.15, 0.2) is 0 Å². The molecule has 0 saturated carbocycles. The summed E-state index contributed by atoms with van der Waals surface area (Å²) in [6, 6.07) is 0. The topological polar surface area (TPSA) is 42.8 Å². The van der Waals surface area contributed by atoms with Crippen LogP contribution in [0.4, 0.5) is 0 Å². The van der Waals surface area contributed by atoms with Crippen molar-refractivity contribution in [3.63, 3.8) is 0 Å². The zero-order valence-corrected chi connectivity index (χ0v) is 9.71. The van der Waals surface area contributed by atoms with Crippen LogP contribution in [0.3, 0.4) is 0 Å². The molecule has 0 saturated heterocycles. The number of rotatable bonds is 0. The van der Waals surface area contributed by atoms with Crippen LogP contribution in [0.25, 0.3) is 0 Å². The van der Waals surface area contributed by atoms with Gasteiger partial charge in [-0.25, -0.2) is 0 Å². The number of aryl methyl sites for hydroxylation is 1. The molecule has 5 heteroatoms. The van der Waals surface area contributed by atoms with E-state index in [1.165, 1.54) is 0 Å². The van der Waals surface area contributed by atoms with Crippen molar-refractivity contribution in [2.45, 2.75) is 20.8 Å². The summed E-state index contributed by atoms with van der Waals surface area (Å²) >= 11 is 4.60. The molecule has 0 aromatic carbocycles. The molecule has 0 aliphatic rings. The molecular weight excluding hydrogens is 320 g/mol. The van der Waals surface area contributed by atoms with Gasteiger partial charge in [-0.1, -0.05) is 26.1 Å². The van der Waals surface area contributed by atoms with E-state index < -0.39 is 0 Å². The summed E-state index contributed by atoms with van der Waals surface area (Å²) < 4.78 is 0.456. The number of H-pyrrole nitrogens is 1. The minimum atomic E-state index is 0. The smallest absolute Gasteiger partial charge is 0.0229 e. The van der Waals surface area contributed by atoms with Crippen LogP contribution in [0.5, 0.6) is 0 Å². The van der Waals surface area contributed by atoms with Crippen molar-refractivity contribution in [2.24, 2.45) is 0 Å². The molecule has 1 rings (SSSR count). The van der Waals surface area contributed by atoms with Crippen LogP contribution in [-0.2, 0) is 20.4 Å². The zero-order chi connectivity index (χ0) is 7.28. The van der Waals surface area contributed by atoms with E-state index in [2.05, 4.69) is 27.4 Å². The van der Waals surface area contributed by atoms with Crippen molar-refractivity contribution in [1.29, 1.82) is 0 Å². The molecule has 1 radical (unpaired) electrons. The van der Waals surface area contributed by atoms with Crippen molar-refractivity contribution in [1.82, 2.24) is 15.2 Å². The fourth-order valence-electron chi connectivity index (χ4n) is 0.325. The van der Waals surface area contributed by atoms with Gasteiger partial charge in [-0.15, -0.1) is 0 Å². The zero-order valence-electron chi connectivity index (χ0n) is 6.18. The van der Waals surface area contributed by atoms with Crippen LogP contribution in [-0.4, -0.2) is 10.1 Å². The molecule has 1 aromatic heterocycles. The maximum Gasteiger partial charge on any atom is 0.0229 e. The second kappa shape index (κ2) is 7.13. The first-order valence-corrected chi connectivity index (χ1v) is 3.26. The average Bonchev–Trinajstić information content (AvgIpc) is 2.20. The van der Waals surface area contributed by atoms with E-state index >= 15 is 0 Å². The Morgan fingerprint density at radius 3 is 2.10 bits per heavy atom. The van der Waals surface area contributed by atoms with E-state index in [4.69, 9.17) is 0 Å². The van der Waals surface area contributed by atoms with Crippen LogP contribution in [0.2, 0.25) is 0 Å². The van der Waals surface area contributed by atoms with Gasteiger partial charge in [-0.05, 0) is 6.92 Å². The third-order valence-corrected chi connectivity index (χ3v) is 0.762. The molecular formula is C5H10N3ReS-. The first kappa shape index (κ1) is 12.7. The molecule has 0 spiro atoms. The van der Waals surface area contributed by atoms with Gasteiger partial charge in [0.05, 0.1) is 0 Å². The molecule has 3 nitrogen and oxygen atoms in total. The Kier molecular flexibility index (Phi) is 9.04. The Bertz CT molecular complexity index is 205. The third kappa shape index (κ3) is 4.86. The summed E-state index contributed by atoms with van der Waals surface area (Å²) in [6.07, 6.45) is 0.